The highest BCUT2D eigenvalue weighted by atomic mass is 35.5. The van der Waals surface area contributed by atoms with Crippen LogP contribution in [0.1, 0.15) is 17.8 Å². The summed E-state index contributed by atoms with van der Waals surface area (Å²) in [7, 11) is -3.55. The first kappa shape index (κ1) is 20.1. The Balaban J connectivity index is 1.64. The van der Waals surface area contributed by atoms with Gasteiger partial charge in [-0.15, -0.1) is 0 Å². The first-order chi connectivity index (χ1) is 12.9. The van der Waals surface area contributed by atoms with Crippen LogP contribution < -0.4 is 4.74 Å². The number of sulfonamides is 1. The Labute approximate surface area is 164 Å². The van der Waals surface area contributed by atoms with E-state index in [2.05, 4.69) is 5.10 Å². The summed E-state index contributed by atoms with van der Waals surface area (Å²) in [5.74, 6) is 0.753. The molecule has 0 radical (unpaired) electrons. The zero-order valence-electron chi connectivity index (χ0n) is 15.5. The van der Waals surface area contributed by atoms with E-state index in [4.69, 9.17) is 21.1 Å². The molecule has 0 aliphatic carbocycles. The van der Waals surface area contributed by atoms with E-state index < -0.39 is 10.0 Å². The van der Waals surface area contributed by atoms with Crippen LogP contribution in [0, 0.1) is 13.8 Å². The van der Waals surface area contributed by atoms with Crippen molar-refractivity contribution in [3.63, 3.8) is 0 Å². The number of hydrogen-bond acceptors (Lipinski definition) is 5. The summed E-state index contributed by atoms with van der Waals surface area (Å²) in [5.41, 5.74) is 1.18. The van der Waals surface area contributed by atoms with E-state index in [1.165, 1.54) is 4.31 Å². The molecule has 1 aromatic heterocycles. The summed E-state index contributed by atoms with van der Waals surface area (Å²) < 4.78 is 40.1. The summed E-state index contributed by atoms with van der Waals surface area (Å²) >= 11 is 5.85. The number of morpholine rings is 1. The van der Waals surface area contributed by atoms with Crippen molar-refractivity contribution in [3.05, 3.63) is 40.7 Å². The van der Waals surface area contributed by atoms with E-state index in [0.29, 0.717) is 67.2 Å². The van der Waals surface area contributed by atoms with Crippen LogP contribution in [0.2, 0.25) is 5.02 Å². The zero-order valence-corrected chi connectivity index (χ0v) is 17.1. The fourth-order valence-corrected chi connectivity index (χ4v) is 5.03. The molecule has 0 unspecified atom stereocenters. The lowest BCUT2D eigenvalue weighted by molar-refractivity contribution is 0.0730. The molecule has 0 spiro atoms. The fourth-order valence-electron chi connectivity index (χ4n) is 3.12. The minimum Gasteiger partial charge on any atom is -0.494 e. The molecule has 2 heterocycles. The maximum Gasteiger partial charge on any atom is 0.246 e. The molecule has 27 heavy (non-hydrogen) atoms. The van der Waals surface area contributed by atoms with Crippen LogP contribution in [-0.4, -0.2) is 55.4 Å². The molecule has 1 fully saturated rings. The number of aromatic nitrogens is 2. The van der Waals surface area contributed by atoms with Crippen LogP contribution in [0.5, 0.6) is 5.75 Å². The minimum absolute atomic E-state index is 0.308. The number of ether oxygens (including phenoxy) is 2. The standard InChI is InChI=1S/C18H24ClN3O4S/c1-14-18(27(23,24)21-9-12-25-13-10-21)15(2)22(20-14)8-3-11-26-17-6-4-16(19)5-7-17/h4-7H,3,8-13H2,1-2H3. The SMILES string of the molecule is Cc1nn(CCCOc2ccc(Cl)cc2)c(C)c1S(=O)(=O)N1CCOCC1. The third-order valence-corrected chi connectivity index (χ3v) is 6.88. The van der Waals surface area contributed by atoms with Gasteiger partial charge in [0.1, 0.15) is 10.6 Å². The Hall–Kier alpha value is -1.61. The summed E-state index contributed by atoms with van der Waals surface area (Å²) in [6, 6.07) is 7.19. The van der Waals surface area contributed by atoms with Gasteiger partial charge in [0.15, 0.2) is 0 Å². The predicted molar refractivity (Wildman–Crippen MR) is 103 cm³/mol. The number of nitrogens with zero attached hydrogens (tertiary/aromatic N) is 3. The van der Waals surface area contributed by atoms with Gasteiger partial charge in [0, 0.05) is 31.1 Å². The number of benzene rings is 1. The average Bonchev–Trinajstić information content (AvgIpc) is 2.95. The van der Waals surface area contributed by atoms with Crippen molar-refractivity contribution in [2.75, 3.05) is 32.9 Å². The molecule has 0 saturated carbocycles. The van der Waals surface area contributed by atoms with Gasteiger partial charge in [-0.1, -0.05) is 11.6 Å². The van der Waals surface area contributed by atoms with Crippen molar-refractivity contribution >= 4 is 21.6 Å². The van der Waals surface area contributed by atoms with Crippen LogP contribution in [0.25, 0.3) is 0 Å². The number of aryl methyl sites for hydroxylation is 2. The summed E-state index contributed by atoms with van der Waals surface area (Å²) in [4.78, 5) is 0.308. The molecule has 0 atom stereocenters. The molecule has 1 aliphatic rings. The lowest BCUT2D eigenvalue weighted by Gasteiger charge is -2.26. The largest absolute Gasteiger partial charge is 0.494 e. The lowest BCUT2D eigenvalue weighted by Crippen LogP contribution is -2.41. The monoisotopic (exact) mass is 413 g/mol. The third kappa shape index (κ3) is 4.63. The third-order valence-electron chi connectivity index (χ3n) is 4.48. The highest BCUT2D eigenvalue weighted by molar-refractivity contribution is 7.89. The van der Waals surface area contributed by atoms with Crippen molar-refractivity contribution in [2.24, 2.45) is 0 Å². The Morgan fingerprint density at radius 2 is 1.85 bits per heavy atom. The van der Waals surface area contributed by atoms with Crippen LogP contribution in [0.3, 0.4) is 0 Å². The highest BCUT2D eigenvalue weighted by Gasteiger charge is 2.31. The molecule has 9 heteroatoms. The van der Waals surface area contributed by atoms with Gasteiger partial charge in [0.05, 0.1) is 31.2 Å². The molecule has 0 bridgehead atoms. The molecular formula is C18H24ClN3O4S. The van der Waals surface area contributed by atoms with Gasteiger partial charge < -0.3 is 9.47 Å². The first-order valence-corrected chi connectivity index (χ1v) is 10.7. The minimum atomic E-state index is -3.55. The molecule has 1 saturated heterocycles. The average molecular weight is 414 g/mol. The number of hydrogen-bond donors (Lipinski definition) is 0. The Kier molecular flexibility index (Phi) is 6.41. The second-order valence-electron chi connectivity index (χ2n) is 6.40. The Morgan fingerprint density at radius 1 is 1.19 bits per heavy atom. The topological polar surface area (TPSA) is 73.7 Å². The molecule has 7 nitrogen and oxygen atoms in total. The molecule has 3 rings (SSSR count). The van der Waals surface area contributed by atoms with Crippen LogP contribution in [-0.2, 0) is 21.3 Å². The quantitative estimate of drug-likeness (QED) is 0.652. The smallest absolute Gasteiger partial charge is 0.246 e. The molecule has 0 N–H and O–H groups in total. The maximum atomic E-state index is 13.0. The van der Waals surface area contributed by atoms with E-state index in [1.807, 2.05) is 12.1 Å². The van der Waals surface area contributed by atoms with E-state index >= 15 is 0 Å². The van der Waals surface area contributed by atoms with E-state index in [0.717, 1.165) is 5.75 Å². The van der Waals surface area contributed by atoms with Gasteiger partial charge >= 0.3 is 0 Å². The molecule has 0 amide bonds. The van der Waals surface area contributed by atoms with Crippen LogP contribution in [0.4, 0.5) is 0 Å². The van der Waals surface area contributed by atoms with E-state index in [-0.39, 0.29) is 0 Å². The summed E-state index contributed by atoms with van der Waals surface area (Å²) in [6.07, 6.45) is 0.710. The van der Waals surface area contributed by atoms with Gasteiger partial charge in [-0.25, -0.2) is 8.42 Å². The van der Waals surface area contributed by atoms with Crippen molar-refractivity contribution in [3.8, 4) is 5.75 Å². The van der Waals surface area contributed by atoms with Gasteiger partial charge in [0.25, 0.3) is 0 Å². The van der Waals surface area contributed by atoms with Crippen molar-refractivity contribution < 1.29 is 17.9 Å². The van der Waals surface area contributed by atoms with Gasteiger partial charge in [0.2, 0.25) is 10.0 Å². The van der Waals surface area contributed by atoms with Crippen LogP contribution >= 0.6 is 11.6 Å². The second kappa shape index (κ2) is 8.60. The first-order valence-electron chi connectivity index (χ1n) is 8.90. The lowest BCUT2D eigenvalue weighted by atomic mass is 10.3. The van der Waals surface area contributed by atoms with Crippen molar-refractivity contribution in [1.82, 2.24) is 14.1 Å². The van der Waals surface area contributed by atoms with Gasteiger partial charge in [-0.2, -0.15) is 9.40 Å². The van der Waals surface area contributed by atoms with Gasteiger partial charge in [-0.3, -0.25) is 4.68 Å². The Morgan fingerprint density at radius 3 is 2.52 bits per heavy atom. The van der Waals surface area contributed by atoms with E-state index in [9.17, 15) is 8.42 Å². The number of halogens is 1. The molecule has 148 valence electrons. The maximum absolute atomic E-state index is 13.0. The normalized spacial score (nSPS) is 15.8. The van der Waals surface area contributed by atoms with E-state index in [1.54, 1.807) is 30.7 Å². The van der Waals surface area contributed by atoms with Gasteiger partial charge in [-0.05, 0) is 38.1 Å². The van der Waals surface area contributed by atoms with Crippen molar-refractivity contribution in [2.45, 2.75) is 31.7 Å². The molecule has 1 aliphatic heterocycles. The zero-order chi connectivity index (χ0) is 19.4. The molecule has 2 aromatic rings. The van der Waals surface area contributed by atoms with Crippen molar-refractivity contribution in [1.29, 1.82) is 0 Å². The Bertz CT molecular complexity index is 875. The second-order valence-corrected chi connectivity index (χ2v) is 8.71. The highest BCUT2D eigenvalue weighted by Crippen LogP contribution is 2.24. The molecule has 1 aromatic carbocycles. The summed E-state index contributed by atoms with van der Waals surface area (Å²) in [6.45, 7) is 6.22. The summed E-state index contributed by atoms with van der Waals surface area (Å²) in [5, 5.41) is 5.10. The molecular weight excluding hydrogens is 390 g/mol. The fraction of sp³-hybridized carbons (Fsp3) is 0.500. The number of rotatable bonds is 7. The predicted octanol–water partition coefficient (Wildman–Crippen LogP) is 2.64. The van der Waals surface area contributed by atoms with Crippen LogP contribution in [0.15, 0.2) is 29.2 Å².